The predicted molar refractivity (Wildman–Crippen MR) is 111 cm³/mol. The van der Waals surface area contributed by atoms with Gasteiger partial charge in [-0.3, -0.25) is 14.4 Å². The molecule has 152 valence electrons. The number of nitrogens with one attached hydrogen (secondary N) is 3. The number of carbonyl (C=O) groups excluding carboxylic acids is 3. The van der Waals surface area contributed by atoms with Gasteiger partial charge < -0.3 is 20.7 Å². The molecule has 3 rings (SSSR count). The Morgan fingerprint density at radius 1 is 0.966 bits per heavy atom. The van der Waals surface area contributed by atoms with E-state index >= 15 is 0 Å². The molecule has 0 spiro atoms. The zero-order chi connectivity index (χ0) is 20.9. The third-order valence-corrected chi connectivity index (χ3v) is 4.92. The molecule has 0 atom stereocenters. The van der Waals surface area contributed by atoms with Crippen molar-refractivity contribution in [3.05, 3.63) is 54.1 Å². The highest BCUT2D eigenvalue weighted by molar-refractivity contribution is 6.13. The number of carbonyl (C=O) groups is 3. The molecule has 29 heavy (non-hydrogen) atoms. The molecule has 0 bridgehead atoms. The molecule has 1 fully saturated rings. The largest absolute Gasteiger partial charge is 0.497 e. The van der Waals surface area contributed by atoms with Gasteiger partial charge >= 0.3 is 0 Å². The SMILES string of the molecule is COc1ccc(CCNC(=O)C2(C(=O)Nc3cccc(NC(C)=O)c3)CC2)cc1. The highest BCUT2D eigenvalue weighted by Gasteiger charge is 2.56. The Labute approximate surface area is 169 Å². The van der Waals surface area contributed by atoms with Crippen LogP contribution in [0.5, 0.6) is 5.75 Å². The van der Waals surface area contributed by atoms with Gasteiger partial charge in [0.1, 0.15) is 11.2 Å². The van der Waals surface area contributed by atoms with Crippen LogP contribution in [0.15, 0.2) is 48.5 Å². The fourth-order valence-electron chi connectivity index (χ4n) is 3.09. The lowest BCUT2D eigenvalue weighted by Crippen LogP contribution is -2.40. The van der Waals surface area contributed by atoms with Gasteiger partial charge in [0.05, 0.1) is 7.11 Å². The molecule has 0 aliphatic heterocycles. The van der Waals surface area contributed by atoms with Crippen molar-refractivity contribution in [3.63, 3.8) is 0 Å². The first kappa shape index (κ1) is 20.4. The Hall–Kier alpha value is -3.35. The van der Waals surface area contributed by atoms with Crippen LogP contribution in [0.2, 0.25) is 0 Å². The first-order valence-corrected chi connectivity index (χ1v) is 9.53. The lowest BCUT2D eigenvalue weighted by atomic mass is 10.0. The average Bonchev–Trinajstić information content (AvgIpc) is 3.50. The van der Waals surface area contributed by atoms with E-state index in [1.807, 2.05) is 24.3 Å². The Morgan fingerprint density at radius 2 is 1.62 bits per heavy atom. The summed E-state index contributed by atoms with van der Waals surface area (Å²) in [4.78, 5) is 36.5. The fraction of sp³-hybridized carbons (Fsp3) is 0.318. The summed E-state index contributed by atoms with van der Waals surface area (Å²) in [5, 5.41) is 8.34. The van der Waals surface area contributed by atoms with Crippen molar-refractivity contribution in [2.75, 3.05) is 24.3 Å². The maximum Gasteiger partial charge on any atom is 0.240 e. The number of anilines is 2. The number of methoxy groups -OCH3 is 1. The minimum Gasteiger partial charge on any atom is -0.497 e. The molecule has 2 aromatic carbocycles. The number of ether oxygens (including phenoxy) is 1. The quantitative estimate of drug-likeness (QED) is 0.599. The molecule has 0 heterocycles. The summed E-state index contributed by atoms with van der Waals surface area (Å²) in [6.07, 6.45) is 1.73. The molecular weight excluding hydrogens is 370 g/mol. The number of hydrogen-bond acceptors (Lipinski definition) is 4. The smallest absolute Gasteiger partial charge is 0.240 e. The summed E-state index contributed by atoms with van der Waals surface area (Å²) in [6.45, 7) is 1.87. The minimum atomic E-state index is -1.01. The molecule has 0 radical (unpaired) electrons. The Kier molecular flexibility index (Phi) is 6.16. The molecule has 1 saturated carbocycles. The maximum atomic E-state index is 12.7. The van der Waals surface area contributed by atoms with Gasteiger partial charge in [0, 0.05) is 24.8 Å². The van der Waals surface area contributed by atoms with E-state index in [1.165, 1.54) is 6.92 Å². The monoisotopic (exact) mass is 395 g/mol. The van der Waals surface area contributed by atoms with Crippen molar-refractivity contribution in [1.82, 2.24) is 5.32 Å². The second-order valence-corrected chi connectivity index (χ2v) is 7.15. The summed E-state index contributed by atoms with van der Waals surface area (Å²) in [5.74, 6) is 0.0262. The molecule has 2 aromatic rings. The third kappa shape index (κ3) is 5.13. The number of hydrogen-bond donors (Lipinski definition) is 3. The molecular formula is C22H25N3O4. The number of rotatable bonds is 8. The Bertz CT molecular complexity index is 905. The van der Waals surface area contributed by atoms with Crippen molar-refractivity contribution in [2.45, 2.75) is 26.2 Å². The van der Waals surface area contributed by atoms with Crippen molar-refractivity contribution < 1.29 is 19.1 Å². The molecule has 7 nitrogen and oxygen atoms in total. The van der Waals surface area contributed by atoms with Crippen LogP contribution in [0.4, 0.5) is 11.4 Å². The Balaban J connectivity index is 1.53. The zero-order valence-electron chi connectivity index (χ0n) is 16.6. The lowest BCUT2D eigenvalue weighted by molar-refractivity contribution is -0.134. The van der Waals surface area contributed by atoms with Crippen LogP contribution < -0.4 is 20.7 Å². The van der Waals surface area contributed by atoms with Crippen LogP contribution in [-0.2, 0) is 20.8 Å². The first-order valence-electron chi connectivity index (χ1n) is 9.53. The van der Waals surface area contributed by atoms with Crippen LogP contribution in [0.1, 0.15) is 25.3 Å². The van der Waals surface area contributed by atoms with Crippen molar-refractivity contribution in [3.8, 4) is 5.75 Å². The van der Waals surface area contributed by atoms with Gasteiger partial charge in [0.15, 0.2) is 0 Å². The fourth-order valence-corrected chi connectivity index (χ4v) is 3.09. The normalized spacial score (nSPS) is 13.9. The topological polar surface area (TPSA) is 96.5 Å². The highest BCUT2D eigenvalue weighted by atomic mass is 16.5. The zero-order valence-corrected chi connectivity index (χ0v) is 16.6. The van der Waals surface area contributed by atoms with Gasteiger partial charge in [-0.25, -0.2) is 0 Å². The summed E-state index contributed by atoms with van der Waals surface area (Å²) in [7, 11) is 1.62. The average molecular weight is 395 g/mol. The van der Waals surface area contributed by atoms with Crippen molar-refractivity contribution in [1.29, 1.82) is 0 Å². The summed E-state index contributed by atoms with van der Waals surface area (Å²) in [5.41, 5.74) is 1.20. The van der Waals surface area contributed by atoms with Gasteiger partial charge in [-0.1, -0.05) is 18.2 Å². The standard InChI is InChI=1S/C22H25N3O4/c1-15(26)24-17-4-3-5-18(14-17)25-21(28)22(11-12-22)20(27)23-13-10-16-6-8-19(29-2)9-7-16/h3-9,14H,10-13H2,1-2H3,(H,23,27)(H,24,26)(H,25,28). The van der Waals surface area contributed by atoms with E-state index in [1.54, 1.807) is 31.4 Å². The summed E-state index contributed by atoms with van der Waals surface area (Å²) >= 11 is 0. The van der Waals surface area contributed by atoms with Gasteiger partial charge in [0.25, 0.3) is 0 Å². The Morgan fingerprint density at radius 3 is 2.21 bits per heavy atom. The van der Waals surface area contributed by atoms with Gasteiger partial charge in [-0.2, -0.15) is 0 Å². The molecule has 3 amide bonds. The summed E-state index contributed by atoms with van der Waals surface area (Å²) in [6, 6.07) is 14.5. The molecule has 7 heteroatoms. The van der Waals surface area contributed by atoms with Gasteiger partial charge in [-0.05, 0) is 55.2 Å². The van der Waals surface area contributed by atoms with Crippen molar-refractivity contribution >= 4 is 29.1 Å². The molecule has 0 saturated heterocycles. The summed E-state index contributed by atoms with van der Waals surface area (Å²) < 4.78 is 5.13. The second-order valence-electron chi connectivity index (χ2n) is 7.15. The molecule has 1 aliphatic rings. The lowest BCUT2D eigenvalue weighted by Gasteiger charge is -2.16. The van der Waals surface area contributed by atoms with Crippen molar-refractivity contribution in [2.24, 2.45) is 5.41 Å². The van der Waals surface area contributed by atoms with Gasteiger partial charge in [-0.15, -0.1) is 0 Å². The van der Waals surface area contributed by atoms with E-state index in [-0.39, 0.29) is 17.7 Å². The molecule has 3 N–H and O–H groups in total. The molecule has 1 aliphatic carbocycles. The van der Waals surface area contributed by atoms with E-state index in [4.69, 9.17) is 4.74 Å². The second kappa shape index (κ2) is 8.77. The van der Waals surface area contributed by atoms with E-state index in [0.29, 0.717) is 37.2 Å². The highest BCUT2D eigenvalue weighted by Crippen LogP contribution is 2.46. The molecule has 0 unspecified atom stereocenters. The van der Waals surface area contributed by atoms with Gasteiger partial charge in [0.2, 0.25) is 17.7 Å². The van der Waals surface area contributed by atoms with E-state index in [2.05, 4.69) is 16.0 Å². The maximum absolute atomic E-state index is 12.7. The first-order chi connectivity index (χ1) is 13.9. The van der Waals surface area contributed by atoms with Crippen LogP contribution in [0.25, 0.3) is 0 Å². The van der Waals surface area contributed by atoms with Crippen LogP contribution in [-0.4, -0.2) is 31.4 Å². The van der Waals surface area contributed by atoms with Crippen LogP contribution >= 0.6 is 0 Å². The number of amides is 3. The third-order valence-electron chi connectivity index (χ3n) is 4.92. The predicted octanol–water partition coefficient (Wildman–Crippen LogP) is 2.73. The van der Waals surface area contributed by atoms with Crippen LogP contribution in [0.3, 0.4) is 0 Å². The van der Waals surface area contributed by atoms with E-state index in [9.17, 15) is 14.4 Å². The van der Waals surface area contributed by atoms with E-state index in [0.717, 1.165) is 11.3 Å². The van der Waals surface area contributed by atoms with E-state index < -0.39 is 5.41 Å². The van der Waals surface area contributed by atoms with Crippen LogP contribution in [0, 0.1) is 5.41 Å². The molecule has 0 aromatic heterocycles. The number of benzene rings is 2. The minimum absolute atomic E-state index is 0.191.